The van der Waals surface area contributed by atoms with Crippen molar-refractivity contribution in [2.75, 3.05) is 6.61 Å². The maximum absolute atomic E-state index is 12.5. The highest BCUT2D eigenvalue weighted by atomic mass is 32.2. The molecule has 0 bridgehead atoms. The van der Waals surface area contributed by atoms with Gasteiger partial charge in [-0.1, -0.05) is 23.9 Å². The summed E-state index contributed by atoms with van der Waals surface area (Å²) in [7, 11) is 0. The first-order valence-electron chi connectivity index (χ1n) is 8.81. The van der Waals surface area contributed by atoms with E-state index in [9.17, 15) is 9.59 Å². The number of hydrogen-bond donors (Lipinski definition) is 1. The van der Waals surface area contributed by atoms with Gasteiger partial charge in [0.15, 0.2) is 6.61 Å². The van der Waals surface area contributed by atoms with Crippen LogP contribution in [0.4, 0.5) is 0 Å². The Morgan fingerprint density at radius 2 is 1.96 bits per heavy atom. The number of esters is 1. The first-order valence-corrected chi connectivity index (χ1v) is 10.4. The van der Waals surface area contributed by atoms with Crippen LogP contribution in [-0.2, 0) is 9.53 Å². The first kappa shape index (κ1) is 20.3. The lowest BCUT2D eigenvalue weighted by Gasteiger charge is -2.11. The number of nitrogens with zero attached hydrogens (tertiary/aromatic N) is 2. The van der Waals surface area contributed by atoms with Crippen LogP contribution >= 0.6 is 23.1 Å². The normalized spacial score (nSPS) is 11.0. The second-order valence-corrected chi connectivity index (χ2v) is 8.77. The summed E-state index contributed by atoms with van der Waals surface area (Å²) in [6.07, 6.45) is 1.54. The highest BCUT2D eigenvalue weighted by molar-refractivity contribution is 7.99. The van der Waals surface area contributed by atoms with Gasteiger partial charge in [-0.3, -0.25) is 4.79 Å². The maximum Gasteiger partial charge on any atom is 0.339 e. The predicted molar refractivity (Wildman–Crippen MR) is 111 cm³/mol. The summed E-state index contributed by atoms with van der Waals surface area (Å²) in [5, 5.41) is 4.50. The monoisotopic (exact) mass is 415 g/mol. The Balaban J connectivity index is 1.83. The van der Waals surface area contributed by atoms with Crippen LogP contribution in [0.3, 0.4) is 0 Å². The molecule has 0 saturated carbocycles. The Morgan fingerprint density at radius 3 is 2.71 bits per heavy atom. The number of aromatic nitrogens is 2. The molecule has 3 aromatic rings. The van der Waals surface area contributed by atoms with Crippen LogP contribution in [0.25, 0.3) is 10.2 Å². The molecule has 1 aromatic carbocycles. The van der Waals surface area contributed by atoms with Gasteiger partial charge in [-0.15, -0.1) is 11.3 Å². The highest BCUT2D eigenvalue weighted by Gasteiger charge is 2.18. The van der Waals surface area contributed by atoms with Gasteiger partial charge in [-0.2, -0.15) is 0 Å². The Labute approximate surface area is 171 Å². The lowest BCUT2D eigenvalue weighted by Crippen LogP contribution is -2.34. The second-order valence-electron chi connectivity index (χ2n) is 6.54. The van der Waals surface area contributed by atoms with E-state index in [1.807, 2.05) is 26.0 Å². The zero-order valence-corrected chi connectivity index (χ0v) is 17.7. The number of carbonyl (C=O) groups excluding carboxylic acids is 2. The number of fused-ring (bicyclic) bond motifs is 1. The van der Waals surface area contributed by atoms with Gasteiger partial charge in [0.05, 0.1) is 5.56 Å². The molecule has 0 aliphatic rings. The minimum atomic E-state index is -0.537. The fourth-order valence-corrected chi connectivity index (χ4v) is 4.76. The van der Waals surface area contributed by atoms with Crippen molar-refractivity contribution in [3.8, 4) is 0 Å². The molecule has 0 saturated heterocycles. The van der Waals surface area contributed by atoms with Gasteiger partial charge in [0.2, 0.25) is 0 Å². The standard InChI is InChI=1S/C20H21N3O3S2/c1-11(2)23-16(24)9-26-20(25)14-7-5-6-8-15(14)28-19-17-12(3)13(4)27-18(17)21-10-22-19/h5-8,10-11H,9H2,1-4H3,(H,23,24). The summed E-state index contributed by atoms with van der Waals surface area (Å²) < 4.78 is 5.19. The van der Waals surface area contributed by atoms with Gasteiger partial charge in [0.1, 0.15) is 16.2 Å². The third-order valence-electron chi connectivity index (χ3n) is 4.03. The Morgan fingerprint density at radius 1 is 1.21 bits per heavy atom. The lowest BCUT2D eigenvalue weighted by molar-refractivity contribution is -0.124. The van der Waals surface area contributed by atoms with Gasteiger partial charge in [0.25, 0.3) is 5.91 Å². The van der Waals surface area contributed by atoms with Crippen LogP contribution in [0, 0.1) is 13.8 Å². The number of nitrogens with one attached hydrogen (secondary N) is 1. The largest absolute Gasteiger partial charge is 0.452 e. The van der Waals surface area contributed by atoms with Crippen LogP contribution in [-0.4, -0.2) is 34.5 Å². The molecule has 1 amide bonds. The topological polar surface area (TPSA) is 81.2 Å². The van der Waals surface area contributed by atoms with Gasteiger partial charge in [-0.05, 0) is 45.4 Å². The van der Waals surface area contributed by atoms with E-state index in [-0.39, 0.29) is 18.6 Å². The predicted octanol–water partition coefficient (Wildman–Crippen LogP) is 4.14. The molecule has 3 rings (SSSR count). The second kappa shape index (κ2) is 8.70. The van der Waals surface area contributed by atoms with Crippen LogP contribution in [0.15, 0.2) is 40.5 Å². The zero-order chi connectivity index (χ0) is 20.3. The Kier molecular flexibility index (Phi) is 6.31. The molecule has 28 heavy (non-hydrogen) atoms. The molecule has 2 aromatic heterocycles. The van der Waals surface area contributed by atoms with Crippen LogP contribution in [0.2, 0.25) is 0 Å². The highest BCUT2D eigenvalue weighted by Crippen LogP contribution is 2.38. The molecule has 0 aliphatic heterocycles. The fourth-order valence-electron chi connectivity index (χ4n) is 2.63. The molecular weight excluding hydrogens is 394 g/mol. The number of thiophene rings is 1. The SMILES string of the molecule is Cc1sc2ncnc(Sc3ccccc3C(=O)OCC(=O)NC(C)C)c2c1C. The molecule has 6 nitrogen and oxygen atoms in total. The number of ether oxygens (including phenoxy) is 1. The molecular formula is C20H21N3O3S2. The smallest absolute Gasteiger partial charge is 0.339 e. The van der Waals surface area contributed by atoms with Crippen molar-refractivity contribution in [2.24, 2.45) is 0 Å². The van der Waals surface area contributed by atoms with Gasteiger partial charge >= 0.3 is 5.97 Å². The minimum absolute atomic E-state index is 0.00785. The molecule has 0 atom stereocenters. The number of amides is 1. The summed E-state index contributed by atoms with van der Waals surface area (Å²) >= 11 is 3.03. The molecule has 0 radical (unpaired) electrons. The van der Waals surface area contributed by atoms with Crippen LogP contribution in [0.1, 0.15) is 34.6 Å². The van der Waals surface area contributed by atoms with E-state index in [1.165, 1.54) is 23.0 Å². The number of rotatable bonds is 6. The summed E-state index contributed by atoms with van der Waals surface area (Å²) in [5.41, 5.74) is 1.55. The van der Waals surface area contributed by atoms with E-state index < -0.39 is 5.97 Å². The van der Waals surface area contributed by atoms with Crippen LogP contribution < -0.4 is 5.32 Å². The Hall–Kier alpha value is -2.45. The Bertz CT molecular complexity index is 1030. The third kappa shape index (κ3) is 4.51. The lowest BCUT2D eigenvalue weighted by atomic mass is 10.2. The number of benzene rings is 1. The van der Waals surface area contributed by atoms with Crippen molar-refractivity contribution in [3.63, 3.8) is 0 Å². The molecule has 0 fully saturated rings. The zero-order valence-electron chi connectivity index (χ0n) is 16.1. The third-order valence-corrected chi connectivity index (χ3v) is 6.22. The van der Waals surface area contributed by atoms with E-state index >= 15 is 0 Å². The van der Waals surface area contributed by atoms with Gasteiger partial charge in [0, 0.05) is 21.2 Å². The van der Waals surface area contributed by atoms with E-state index in [1.54, 1.807) is 23.5 Å². The summed E-state index contributed by atoms with van der Waals surface area (Å²) in [4.78, 5) is 35.9. The number of carbonyl (C=O) groups is 2. The van der Waals surface area contributed by atoms with E-state index in [0.29, 0.717) is 5.56 Å². The van der Waals surface area contributed by atoms with Crippen molar-refractivity contribution >= 4 is 45.2 Å². The van der Waals surface area contributed by atoms with Crippen molar-refractivity contribution in [3.05, 3.63) is 46.6 Å². The van der Waals surface area contributed by atoms with Crippen LogP contribution in [0.5, 0.6) is 0 Å². The van der Waals surface area contributed by atoms with Crippen molar-refractivity contribution < 1.29 is 14.3 Å². The number of aryl methyl sites for hydroxylation is 2. The first-order chi connectivity index (χ1) is 13.4. The molecule has 1 N–H and O–H groups in total. The fraction of sp³-hybridized carbons (Fsp3) is 0.300. The summed E-state index contributed by atoms with van der Waals surface area (Å²) in [6.45, 7) is 7.50. The van der Waals surface area contributed by atoms with E-state index in [0.717, 1.165) is 25.7 Å². The molecule has 146 valence electrons. The summed E-state index contributed by atoms with van der Waals surface area (Å²) in [5.74, 6) is -0.860. The number of hydrogen-bond acceptors (Lipinski definition) is 7. The minimum Gasteiger partial charge on any atom is -0.452 e. The molecule has 8 heteroatoms. The van der Waals surface area contributed by atoms with Gasteiger partial charge in [-0.25, -0.2) is 14.8 Å². The van der Waals surface area contributed by atoms with E-state index in [2.05, 4.69) is 29.1 Å². The van der Waals surface area contributed by atoms with Crippen molar-refractivity contribution in [2.45, 2.75) is 43.7 Å². The van der Waals surface area contributed by atoms with Crippen molar-refractivity contribution in [1.82, 2.24) is 15.3 Å². The quantitative estimate of drug-likeness (QED) is 0.481. The molecule has 2 heterocycles. The molecule has 0 aliphatic carbocycles. The molecule has 0 unspecified atom stereocenters. The average Bonchev–Trinajstić information content (AvgIpc) is 2.94. The molecule has 0 spiro atoms. The van der Waals surface area contributed by atoms with E-state index in [4.69, 9.17) is 4.74 Å². The van der Waals surface area contributed by atoms with Gasteiger partial charge < -0.3 is 10.1 Å². The maximum atomic E-state index is 12.5. The summed E-state index contributed by atoms with van der Waals surface area (Å²) in [6, 6.07) is 7.15. The van der Waals surface area contributed by atoms with Crippen molar-refractivity contribution in [1.29, 1.82) is 0 Å². The average molecular weight is 416 g/mol.